The van der Waals surface area contributed by atoms with Gasteiger partial charge in [0.05, 0.1) is 5.69 Å². The molecule has 0 aliphatic carbocycles. The van der Waals surface area contributed by atoms with Gasteiger partial charge in [0.2, 0.25) is 0 Å². The van der Waals surface area contributed by atoms with E-state index >= 15 is 0 Å². The van der Waals surface area contributed by atoms with E-state index in [2.05, 4.69) is 27.2 Å². The molecule has 1 aliphatic rings. The Hall–Kier alpha value is -1.00. The molecule has 0 bridgehead atoms. The minimum absolute atomic E-state index is 0.803. The quantitative estimate of drug-likeness (QED) is 0.779. The normalized spacial score (nSPS) is 22.1. The molecule has 0 amide bonds. The van der Waals surface area contributed by atoms with Gasteiger partial charge >= 0.3 is 0 Å². The van der Waals surface area contributed by atoms with Gasteiger partial charge in [-0.05, 0) is 38.5 Å². The molecule has 4 heteroatoms. The predicted molar refractivity (Wildman–Crippen MR) is 59.3 cm³/mol. The van der Waals surface area contributed by atoms with E-state index in [0.29, 0.717) is 0 Å². The average molecular weight is 206 g/mol. The monoisotopic (exact) mass is 206 g/mol. The minimum Gasteiger partial charge on any atom is -0.311 e. The van der Waals surface area contributed by atoms with Crippen LogP contribution in [0.25, 0.3) is 0 Å². The first-order chi connectivity index (χ1) is 7.34. The second-order valence-corrected chi connectivity index (χ2v) is 4.25. The number of hydrogen-bond acceptors (Lipinski definition) is 4. The molecule has 0 aromatic carbocycles. The molecule has 0 radical (unpaired) electrons. The summed E-state index contributed by atoms with van der Waals surface area (Å²) in [7, 11) is 2.18. The standard InChI is InChI=1S/C11H18N4/c1-15-5-3-10(8-15)6-13-7-11-2-4-12-9-14-11/h2,4,9-10,13H,3,5-8H2,1H3. The highest BCUT2D eigenvalue weighted by molar-refractivity contribution is 4.96. The van der Waals surface area contributed by atoms with Crippen molar-refractivity contribution in [2.24, 2.45) is 5.92 Å². The molecule has 2 heterocycles. The highest BCUT2D eigenvalue weighted by Crippen LogP contribution is 2.12. The highest BCUT2D eigenvalue weighted by atomic mass is 15.1. The van der Waals surface area contributed by atoms with Crippen LogP contribution < -0.4 is 5.32 Å². The molecule has 1 fully saturated rings. The van der Waals surface area contributed by atoms with Crippen molar-refractivity contribution in [1.29, 1.82) is 0 Å². The lowest BCUT2D eigenvalue weighted by atomic mass is 10.1. The number of hydrogen-bond donors (Lipinski definition) is 1. The summed E-state index contributed by atoms with van der Waals surface area (Å²) < 4.78 is 0. The van der Waals surface area contributed by atoms with Crippen LogP contribution in [0, 0.1) is 5.92 Å². The van der Waals surface area contributed by atoms with Crippen LogP contribution in [0.4, 0.5) is 0 Å². The maximum atomic E-state index is 4.17. The molecule has 4 nitrogen and oxygen atoms in total. The first-order valence-corrected chi connectivity index (χ1v) is 5.49. The molecule has 1 aromatic heterocycles. The molecule has 1 aliphatic heterocycles. The first kappa shape index (κ1) is 10.5. The molecule has 1 aromatic rings. The van der Waals surface area contributed by atoms with Gasteiger partial charge in [-0.1, -0.05) is 0 Å². The summed E-state index contributed by atoms with van der Waals surface area (Å²) in [5.41, 5.74) is 1.07. The number of rotatable bonds is 4. The van der Waals surface area contributed by atoms with Crippen LogP contribution in [0.5, 0.6) is 0 Å². The fraction of sp³-hybridized carbons (Fsp3) is 0.636. The van der Waals surface area contributed by atoms with E-state index in [4.69, 9.17) is 0 Å². The molecule has 0 spiro atoms. The zero-order chi connectivity index (χ0) is 10.5. The summed E-state index contributed by atoms with van der Waals surface area (Å²) in [5, 5.41) is 3.45. The second kappa shape index (κ2) is 5.19. The second-order valence-electron chi connectivity index (χ2n) is 4.25. The summed E-state index contributed by atoms with van der Waals surface area (Å²) in [6, 6.07) is 1.95. The molecule has 1 saturated heterocycles. The molecule has 15 heavy (non-hydrogen) atoms. The number of nitrogens with one attached hydrogen (secondary N) is 1. The van der Waals surface area contributed by atoms with Gasteiger partial charge < -0.3 is 10.2 Å². The topological polar surface area (TPSA) is 41.0 Å². The van der Waals surface area contributed by atoms with Crippen molar-refractivity contribution in [2.75, 3.05) is 26.7 Å². The fourth-order valence-corrected chi connectivity index (χ4v) is 2.02. The summed E-state index contributed by atoms with van der Waals surface area (Å²) in [4.78, 5) is 10.5. The SMILES string of the molecule is CN1CCC(CNCc2ccncn2)C1. The molecule has 1 atom stereocenters. The number of aromatic nitrogens is 2. The van der Waals surface area contributed by atoms with E-state index < -0.39 is 0 Å². The van der Waals surface area contributed by atoms with E-state index in [1.54, 1.807) is 12.5 Å². The lowest BCUT2D eigenvalue weighted by Crippen LogP contribution is -2.25. The van der Waals surface area contributed by atoms with Gasteiger partial charge in [0.25, 0.3) is 0 Å². The van der Waals surface area contributed by atoms with Crippen LogP contribution in [0.3, 0.4) is 0 Å². The third kappa shape index (κ3) is 3.25. The maximum Gasteiger partial charge on any atom is 0.115 e. The fourth-order valence-electron chi connectivity index (χ4n) is 2.02. The van der Waals surface area contributed by atoms with Gasteiger partial charge in [0.1, 0.15) is 6.33 Å². The summed E-state index contributed by atoms with van der Waals surface area (Å²) in [5.74, 6) is 0.803. The predicted octanol–water partition coefficient (Wildman–Crippen LogP) is 0.518. The molecular formula is C11H18N4. The van der Waals surface area contributed by atoms with Gasteiger partial charge in [-0.15, -0.1) is 0 Å². The van der Waals surface area contributed by atoms with E-state index in [9.17, 15) is 0 Å². The van der Waals surface area contributed by atoms with Gasteiger partial charge in [-0.2, -0.15) is 0 Å². The summed E-state index contributed by atoms with van der Waals surface area (Å²) in [6.45, 7) is 4.40. The Morgan fingerprint density at radius 2 is 2.53 bits per heavy atom. The molecule has 1 unspecified atom stereocenters. The van der Waals surface area contributed by atoms with E-state index in [1.165, 1.54) is 19.5 Å². The van der Waals surface area contributed by atoms with Crippen molar-refractivity contribution in [2.45, 2.75) is 13.0 Å². The minimum atomic E-state index is 0.803. The van der Waals surface area contributed by atoms with Crippen molar-refractivity contribution in [3.63, 3.8) is 0 Å². The van der Waals surface area contributed by atoms with Crippen LogP contribution >= 0.6 is 0 Å². The van der Waals surface area contributed by atoms with Crippen molar-refractivity contribution in [1.82, 2.24) is 20.2 Å². The third-order valence-corrected chi connectivity index (χ3v) is 2.87. The van der Waals surface area contributed by atoms with Gasteiger partial charge in [0, 0.05) is 19.3 Å². The van der Waals surface area contributed by atoms with Crippen LogP contribution in [0.15, 0.2) is 18.6 Å². The molecule has 2 rings (SSSR count). The van der Waals surface area contributed by atoms with Crippen molar-refractivity contribution in [3.05, 3.63) is 24.3 Å². The molecular weight excluding hydrogens is 188 g/mol. The van der Waals surface area contributed by atoms with Gasteiger partial charge in [0.15, 0.2) is 0 Å². The van der Waals surface area contributed by atoms with Crippen LogP contribution in [0.1, 0.15) is 12.1 Å². The first-order valence-electron chi connectivity index (χ1n) is 5.49. The lowest BCUT2D eigenvalue weighted by Gasteiger charge is -2.11. The van der Waals surface area contributed by atoms with Crippen molar-refractivity contribution >= 4 is 0 Å². The van der Waals surface area contributed by atoms with E-state index in [0.717, 1.165) is 24.7 Å². The van der Waals surface area contributed by atoms with E-state index in [-0.39, 0.29) is 0 Å². The molecule has 0 saturated carbocycles. The van der Waals surface area contributed by atoms with Crippen LogP contribution in [0.2, 0.25) is 0 Å². The van der Waals surface area contributed by atoms with Crippen LogP contribution in [-0.2, 0) is 6.54 Å². The Labute approximate surface area is 90.7 Å². The Bertz CT molecular complexity index is 288. The van der Waals surface area contributed by atoms with Gasteiger partial charge in [-0.3, -0.25) is 0 Å². The Morgan fingerprint density at radius 3 is 3.20 bits per heavy atom. The highest BCUT2D eigenvalue weighted by Gasteiger charge is 2.18. The van der Waals surface area contributed by atoms with Gasteiger partial charge in [-0.25, -0.2) is 9.97 Å². The Morgan fingerprint density at radius 1 is 1.60 bits per heavy atom. The number of nitrogens with zero attached hydrogens (tertiary/aromatic N) is 3. The summed E-state index contributed by atoms with van der Waals surface area (Å²) in [6.07, 6.45) is 4.70. The molecule has 1 N–H and O–H groups in total. The van der Waals surface area contributed by atoms with E-state index in [1.807, 2.05) is 6.07 Å². The zero-order valence-corrected chi connectivity index (χ0v) is 9.19. The smallest absolute Gasteiger partial charge is 0.115 e. The number of likely N-dealkylation sites (tertiary alicyclic amines) is 1. The Balaban J connectivity index is 1.67. The maximum absolute atomic E-state index is 4.17. The largest absolute Gasteiger partial charge is 0.311 e. The zero-order valence-electron chi connectivity index (χ0n) is 9.19. The van der Waals surface area contributed by atoms with Crippen molar-refractivity contribution < 1.29 is 0 Å². The summed E-state index contributed by atoms with van der Waals surface area (Å²) >= 11 is 0. The third-order valence-electron chi connectivity index (χ3n) is 2.87. The lowest BCUT2D eigenvalue weighted by molar-refractivity contribution is 0.388. The Kier molecular flexibility index (Phi) is 3.64. The van der Waals surface area contributed by atoms with Crippen molar-refractivity contribution in [3.8, 4) is 0 Å². The van der Waals surface area contributed by atoms with Crippen LogP contribution in [-0.4, -0.2) is 41.5 Å². The molecule has 82 valence electrons. The average Bonchev–Trinajstić information content (AvgIpc) is 2.66.